The molecular formula is C12H17N3O3S. The van der Waals surface area contributed by atoms with Crippen LogP contribution in [0.3, 0.4) is 0 Å². The first kappa shape index (κ1) is 12.7. The Hall–Kier alpha value is -1.34. The molecule has 1 heterocycles. The van der Waals surface area contributed by atoms with Crippen LogP contribution in [-0.4, -0.2) is 36.8 Å². The minimum absolute atomic E-state index is 0.0435. The summed E-state index contributed by atoms with van der Waals surface area (Å²) in [6, 6.07) is 1.65. The van der Waals surface area contributed by atoms with Crippen LogP contribution in [0.15, 0.2) is 17.2 Å². The molecule has 104 valence electrons. The summed E-state index contributed by atoms with van der Waals surface area (Å²) in [7, 11) is -3.76. The van der Waals surface area contributed by atoms with Gasteiger partial charge in [0.1, 0.15) is 5.69 Å². The third-order valence-electron chi connectivity index (χ3n) is 3.62. The second-order valence-corrected chi connectivity index (χ2v) is 6.99. The van der Waals surface area contributed by atoms with Crippen molar-refractivity contribution in [3.63, 3.8) is 0 Å². The maximum Gasteiger partial charge on any atom is 0.270 e. The van der Waals surface area contributed by atoms with Crippen LogP contribution >= 0.6 is 0 Å². The molecule has 6 nitrogen and oxygen atoms in total. The first-order valence-corrected chi connectivity index (χ1v) is 8.02. The molecule has 1 aromatic rings. The van der Waals surface area contributed by atoms with Crippen LogP contribution in [0.4, 0.5) is 0 Å². The van der Waals surface area contributed by atoms with Gasteiger partial charge in [-0.15, -0.1) is 0 Å². The number of carbonyl (C=O) groups is 1. The molecule has 1 aromatic heterocycles. The zero-order valence-electron chi connectivity index (χ0n) is 10.5. The van der Waals surface area contributed by atoms with Crippen LogP contribution in [0.25, 0.3) is 0 Å². The number of hydrogen-bond donors (Lipinski definition) is 2. The Kier molecular flexibility index (Phi) is 2.90. The smallest absolute Gasteiger partial charge is 0.270 e. The molecule has 2 saturated carbocycles. The highest BCUT2D eigenvalue weighted by atomic mass is 32.2. The highest BCUT2D eigenvalue weighted by Crippen LogP contribution is 2.35. The molecule has 0 aromatic carbocycles. The molecule has 2 aliphatic rings. The molecule has 0 unspecified atom stereocenters. The molecule has 19 heavy (non-hydrogen) atoms. The minimum Gasteiger partial charge on any atom is -0.356 e. The largest absolute Gasteiger partial charge is 0.356 e. The molecule has 0 saturated heterocycles. The zero-order chi connectivity index (χ0) is 13.6. The van der Waals surface area contributed by atoms with Gasteiger partial charge >= 0.3 is 0 Å². The lowest BCUT2D eigenvalue weighted by Crippen LogP contribution is -2.35. The fraction of sp³-hybridized carbons (Fsp3) is 0.583. The highest BCUT2D eigenvalue weighted by molar-refractivity contribution is 7.89. The number of nitrogens with two attached hydrogens (primary N) is 1. The van der Waals surface area contributed by atoms with Gasteiger partial charge in [0.25, 0.3) is 5.91 Å². The van der Waals surface area contributed by atoms with Gasteiger partial charge in [0.15, 0.2) is 0 Å². The van der Waals surface area contributed by atoms with E-state index in [1.165, 1.54) is 25.1 Å². The van der Waals surface area contributed by atoms with Crippen LogP contribution in [-0.2, 0) is 10.0 Å². The summed E-state index contributed by atoms with van der Waals surface area (Å²) in [6.07, 6.45) is 5.72. The maximum absolute atomic E-state index is 12.4. The van der Waals surface area contributed by atoms with Gasteiger partial charge in [-0.2, -0.15) is 0 Å². The van der Waals surface area contributed by atoms with E-state index in [1.54, 1.807) is 0 Å². The first-order chi connectivity index (χ1) is 8.95. The predicted molar refractivity (Wildman–Crippen MR) is 68.9 cm³/mol. The number of hydrogen-bond acceptors (Lipinski definition) is 3. The number of carbonyl (C=O) groups excluding carboxylic acids is 1. The first-order valence-electron chi connectivity index (χ1n) is 6.47. The van der Waals surface area contributed by atoms with Gasteiger partial charge in [-0.25, -0.2) is 13.6 Å². The van der Waals surface area contributed by atoms with Gasteiger partial charge in [-0.1, -0.05) is 0 Å². The number of H-pyrrole nitrogens is 1. The summed E-state index contributed by atoms with van der Waals surface area (Å²) >= 11 is 0. The summed E-state index contributed by atoms with van der Waals surface area (Å²) < 4.78 is 22.4. The second kappa shape index (κ2) is 4.35. The molecule has 3 N–H and O–H groups in total. The van der Waals surface area contributed by atoms with E-state index < -0.39 is 10.0 Å². The van der Waals surface area contributed by atoms with E-state index in [-0.39, 0.29) is 10.8 Å². The second-order valence-electron chi connectivity index (χ2n) is 5.43. The van der Waals surface area contributed by atoms with Crippen molar-refractivity contribution < 1.29 is 13.2 Å². The lowest BCUT2D eigenvalue weighted by atomic mass is 10.3. The van der Waals surface area contributed by atoms with Crippen molar-refractivity contribution in [3.8, 4) is 0 Å². The van der Waals surface area contributed by atoms with Crippen molar-refractivity contribution in [2.45, 2.75) is 36.6 Å². The van der Waals surface area contributed by atoms with Crippen LogP contribution in [0, 0.1) is 5.92 Å². The summed E-state index contributed by atoms with van der Waals surface area (Å²) in [5.41, 5.74) is 0.302. The normalized spacial score (nSPS) is 19.4. The highest BCUT2D eigenvalue weighted by Gasteiger charge is 2.37. The molecule has 2 aliphatic carbocycles. The summed E-state index contributed by atoms with van der Waals surface area (Å²) in [4.78, 5) is 16.9. The Morgan fingerprint density at radius 2 is 2.05 bits per heavy atom. The molecule has 0 radical (unpaired) electrons. The standard InChI is InChI=1S/C12H17N3O3S/c13-19(17,18)10-5-11(14-6-10)12(16)15(9-3-4-9)7-8-1-2-8/h5-6,8-9,14H,1-4,7H2,(H2,13,17,18). The van der Waals surface area contributed by atoms with E-state index in [2.05, 4.69) is 4.98 Å². The monoisotopic (exact) mass is 283 g/mol. The maximum atomic E-state index is 12.4. The van der Waals surface area contributed by atoms with Crippen molar-refractivity contribution in [2.24, 2.45) is 11.1 Å². The Morgan fingerprint density at radius 1 is 1.37 bits per heavy atom. The quantitative estimate of drug-likeness (QED) is 0.831. The summed E-state index contributed by atoms with van der Waals surface area (Å²) in [5.74, 6) is 0.501. The van der Waals surface area contributed by atoms with Gasteiger partial charge in [0, 0.05) is 18.8 Å². The van der Waals surface area contributed by atoms with Crippen molar-refractivity contribution in [2.75, 3.05) is 6.54 Å². The summed E-state index contributed by atoms with van der Waals surface area (Å²) in [6.45, 7) is 0.785. The fourth-order valence-electron chi connectivity index (χ4n) is 2.18. The Morgan fingerprint density at radius 3 is 2.53 bits per heavy atom. The molecular weight excluding hydrogens is 266 g/mol. The fourth-order valence-corrected chi connectivity index (χ4v) is 2.68. The van der Waals surface area contributed by atoms with E-state index in [0.29, 0.717) is 17.7 Å². The van der Waals surface area contributed by atoms with Gasteiger partial charge in [0.2, 0.25) is 10.0 Å². The Bertz CT molecular complexity index is 599. The molecule has 3 rings (SSSR count). The number of nitrogens with zero attached hydrogens (tertiary/aromatic N) is 1. The predicted octanol–water partition coefficient (Wildman–Crippen LogP) is 0.677. The number of rotatable bonds is 5. The average Bonchev–Trinajstić information content (AvgIpc) is 3.23. The van der Waals surface area contributed by atoms with Crippen LogP contribution in [0.5, 0.6) is 0 Å². The number of aromatic nitrogens is 1. The number of primary sulfonamides is 1. The number of sulfonamides is 1. The van der Waals surface area contributed by atoms with Gasteiger partial charge in [-0.05, 0) is 37.7 Å². The lowest BCUT2D eigenvalue weighted by Gasteiger charge is -2.21. The molecule has 2 fully saturated rings. The van der Waals surface area contributed by atoms with E-state index >= 15 is 0 Å². The van der Waals surface area contributed by atoms with E-state index in [9.17, 15) is 13.2 Å². The summed E-state index contributed by atoms with van der Waals surface area (Å²) in [5, 5.41) is 5.04. The molecule has 7 heteroatoms. The molecule has 0 aliphatic heterocycles. The van der Waals surface area contributed by atoms with E-state index in [1.807, 2.05) is 4.90 Å². The minimum atomic E-state index is -3.76. The van der Waals surface area contributed by atoms with Crippen LogP contribution < -0.4 is 5.14 Å². The van der Waals surface area contributed by atoms with Gasteiger partial charge < -0.3 is 9.88 Å². The van der Waals surface area contributed by atoms with Gasteiger partial charge in [-0.3, -0.25) is 4.79 Å². The molecule has 0 spiro atoms. The lowest BCUT2D eigenvalue weighted by molar-refractivity contribution is 0.0729. The number of aromatic amines is 1. The van der Waals surface area contributed by atoms with Crippen molar-refractivity contribution in [3.05, 3.63) is 18.0 Å². The Balaban J connectivity index is 1.79. The number of nitrogens with one attached hydrogen (secondary N) is 1. The van der Waals surface area contributed by atoms with E-state index in [0.717, 1.165) is 19.4 Å². The Labute approximate surface area is 112 Å². The zero-order valence-corrected chi connectivity index (χ0v) is 11.3. The third-order valence-corrected chi connectivity index (χ3v) is 4.51. The SMILES string of the molecule is NS(=O)(=O)c1c[nH]c(C(=O)N(CC2CC2)C2CC2)c1. The molecule has 0 bridgehead atoms. The average molecular weight is 283 g/mol. The van der Waals surface area contributed by atoms with Crippen molar-refractivity contribution in [1.82, 2.24) is 9.88 Å². The third kappa shape index (κ3) is 2.82. The van der Waals surface area contributed by atoms with E-state index in [4.69, 9.17) is 5.14 Å². The van der Waals surface area contributed by atoms with Crippen LogP contribution in [0.1, 0.15) is 36.2 Å². The topological polar surface area (TPSA) is 96.3 Å². The van der Waals surface area contributed by atoms with Crippen molar-refractivity contribution >= 4 is 15.9 Å². The van der Waals surface area contributed by atoms with Crippen molar-refractivity contribution in [1.29, 1.82) is 0 Å². The van der Waals surface area contributed by atoms with Gasteiger partial charge in [0.05, 0.1) is 4.90 Å². The molecule has 0 atom stereocenters. The number of amides is 1. The molecule has 1 amide bonds. The van der Waals surface area contributed by atoms with Crippen LogP contribution in [0.2, 0.25) is 0 Å².